The number of nitrogens with zero attached hydrogens (tertiary/aromatic N) is 2. The van der Waals surface area contributed by atoms with Crippen LogP contribution in [0.15, 0.2) is 51.8 Å². The quantitative estimate of drug-likeness (QED) is 0.611. The third-order valence-electron chi connectivity index (χ3n) is 5.40. The summed E-state index contributed by atoms with van der Waals surface area (Å²) in [5.41, 5.74) is 2.03. The first kappa shape index (κ1) is 22.8. The second-order valence-electron chi connectivity index (χ2n) is 7.67. The largest absolute Gasteiger partial charge is 0.496 e. The predicted molar refractivity (Wildman–Crippen MR) is 120 cm³/mol. The third-order valence-corrected chi connectivity index (χ3v) is 7.81. The molecule has 0 saturated carbocycles. The van der Waals surface area contributed by atoms with E-state index in [1.165, 1.54) is 4.31 Å². The lowest BCUT2D eigenvalue weighted by Crippen LogP contribution is -2.45. The Balaban J connectivity index is 1.72. The third kappa shape index (κ3) is 5.04. The molecule has 1 unspecified atom stereocenters. The molecule has 30 heavy (non-hydrogen) atoms. The van der Waals surface area contributed by atoms with Crippen LogP contribution in [0, 0.1) is 12.8 Å². The summed E-state index contributed by atoms with van der Waals surface area (Å²) in [5, 5.41) is 0. The van der Waals surface area contributed by atoms with Crippen LogP contribution in [-0.2, 0) is 21.4 Å². The second kappa shape index (κ2) is 9.49. The Hall–Kier alpha value is -1.90. The van der Waals surface area contributed by atoms with Crippen LogP contribution in [0.1, 0.15) is 24.0 Å². The van der Waals surface area contributed by atoms with Crippen molar-refractivity contribution in [1.82, 2.24) is 9.21 Å². The van der Waals surface area contributed by atoms with Crippen molar-refractivity contribution in [2.45, 2.75) is 31.2 Å². The summed E-state index contributed by atoms with van der Waals surface area (Å²) < 4.78 is 33.7. The topological polar surface area (TPSA) is 66.9 Å². The fourth-order valence-corrected chi connectivity index (χ4v) is 5.58. The summed E-state index contributed by atoms with van der Waals surface area (Å²) in [6, 6.07) is 12.5. The van der Waals surface area contributed by atoms with E-state index >= 15 is 0 Å². The van der Waals surface area contributed by atoms with Crippen molar-refractivity contribution in [2.75, 3.05) is 27.2 Å². The minimum Gasteiger partial charge on any atom is -0.496 e. The van der Waals surface area contributed by atoms with Crippen LogP contribution in [0.25, 0.3) is 0 Å². The van der Waals surface area contributed by atoms with Gasteiger partial charge < -0.3 is 9.64 Å². The average molecular weight is 495 g/mol. The summed E-state index contributed by atoms with van der Waals surface area (Å²) in [4.78, 5) is 15.0. The smallest absolute Gasteiger partial charge is 0.243 e. The lowest BCUT2D eigenvalue weighted by molar-refractivity contribution is -0.135. The van der Waals surface area contributed by atoms with E-state index in [0.717, 1.165) is 21.3 Å². The van der Waals surface area contributed by atoms with Gasteiger partial charge in [0, 0.05) is 36.7 Å². The van der Waals surface area contributed by atoms with Gasteiger partial charge >= 0.3 is 0 Å². The standard InChI is InChI=1S/C22H27BrN2O4S/c1-16-6-11-21(29-3)18(13-16)14-24(2)22(26)17-5-4-12-25(15-17)30(27,28)20-9-7-19(23)8-10-20/h6-11,13,17H,4-5,12,14-15H2,1-3H3. The predicted octanol–water partition coefficient (Wildman–Crippen LogP) is 3.83. The molecule has 1 amide bonds. The molecule has 3 rings (SSSR count). The maximum absolute atomic E-state index is 13.1. The minimum absolute atomic E-state index is 0.0470. The number of aryl methyl sites for hydroxylation is 1. The first-order chi connectivity index (χ1) is 14.2. The van der Waals surface area contributed by atoms with Gasteiger partial charge in [0.1, 0.15) is 5.75 Å². The van der Waals surface area contributed by atoms with E-state index in [-0.39, 0.29) is 23.3 Å². The van der Waals surface area contributed by atoms with Gasteiger partial charge in [-0.25, -0.2) is 8.42 Å². The number of benzene rings is 2. The highest BCUT2D eigenvalue weighted by Crippen LogP contribution is 2.27. The number of rotatable bonds is 6. The van der Waals surface area contributed by atoms with Gasteiger partial charge in [0.05, 0.1) is 17.9 Å². The Morgan fingerprint density at radius 1 is 1.23 bits per heavy atom. The van der Waals surface area contributed by atoms with Gasteiger partial charge in [-0.15, -0.1) is 0 Å². The zero-order chi connectivity index (χ0) is 21.9. The molecule has 1 heterocycles. The molecule has 1 saturated heterocycles. The summed E-state index contributed by atoms with van der Waals surface area (Å²) >= 11 is 3.33. The van der Waals surface area contributed by atoms with Crippen molar-refractivity contribution in [3.05, 3.63) is 58.1 Å². The van der Waals surface area contributed by atoms with Crippen LogP contribution >= 0.6 is 15.9 Å². The van der Waals surface area contributed by atoms with Crippen molar-refractivity contribution < 1.29 is 17.9 Å². The van der Waals surface area contributed by atoms with E-state index in [9.17, 15) is 13.2 Å². The fraction of sp³-hybridized carbons (Fsp3) is 0.409. The molecule has 6 nitrogen and oxygen atoms in total. The van der Waals surface area contributed by atoms with Crippen LogP contribution in [0.3, 0.4) is 0 Å². The highest BCUT2D eigenvalue weighted by molar-refractivity contribution is 9.10. The average Bonchev–Trinajstić information content (AvgIpc) is 2.73. The molecule has 0 aromatic heterocycles. The fourth-order valence-electron chi connectivity index (χ4n) is 3.79. The normalized spacial score (nSPS) is 17.5. The van der Waals surface area contributed by atoms with Crippen molar-refractivity contribution in [3.8, 4) is 5.75 Å². The summed E-state index contributed by atoms with van der Waals surface area (Å²) in [6.45, 7) is 3.04. The molecule has 1 aliphatic heterocycles. The number of carbonyl (C=O) groups is 1. The highest BCUT2D eigenvalue weighted by atomic mass is 79.9. The van der Waals surface area contributed by atoms with E-state index in [2.05, 4.69) is 15.9 Å². The Kier molecular flexibility index (Phi) is 7.21. The maximum Gasteiger partial charge on any atom is 0.243 e. The van der Waals surface area contributed by atoms with Gasteiger partial charge in [0.25, 0.3) is 0 Å². The molecule has 0 bridgehead atoms. The molecular weight excluding hydrogens is 468 g/mol. The number of carbonyl (C=O) groups excluding carboxylic acids is 1. The molecule has 0 aliphatic carbocycles. The minimum atomic E-state index is -3.62. The Morgan fingerprint density at radius 2 is 1.93 bits per heavy atom. The van der Waals surface area contributed by atoms with Gasteiger partial charge in [-0.3, -0.25) is 4.79 Å². The molecular formula is C22H27BrN2O4S. The summed E-state index contributed by atoms with van der Waals surface area (Å²) in [7, 11) is -0.255. The Bertz CT molecular complexity index is 1010. The SMILES string of the molecule is COc1ccc(C)cc1CN(C)C(=O)C1CCCN(S(=O)(=O)c2ccc(Br)cc2)C1. The molecule has 0 N–H and O–H groups in total. The highest BCUT2D eigenvalue weighted by Gasteiger charge is 2.34. The number of ether oxygens (including phenoxy) is 1. The molecule has 2 aromatic rings. The van der Waals surface area contributed by atoms with Crippen LogP contribution in [0.5, 0.6) is 5.75 Å². The monoisotopic (exact) mass is 494 g/mol. The number of methoxy groups -OCH3 is 1. The van der Waals surface area contributed by atoms with Gasteiger partial charge in [-0.1, -0.05) is 33.6 Å². The van der Waals surface area contributed by atoms with Crippen LogP contribution in [0.2, 0.25) is 0 Å². The number of piperidine rings is 1. The van der Waals surface area contributed by atoms with Crippen LogP contribution in [0.4, 0.5) is 0 Å². The summed E-state index contributed by atoms with van der Waals surface area (Å²) in [5.74, 6) is 0.336. The molecule has 0 spiro atoms. The zero-order valence-corrected chi connectivity index (χ0v) is 19.9. The van der Waals surface area contributed by atoms with Crippen molar-refractivity contribution >= 4 is 31.9 Å². The first-order valence-electron chi connectivity index (χ1n) is 9.86. The van der Waals surface area contributed by atoms with Gasteiger partial charge in [-0.2, -0.15) is 4.31 Å². The first-order valence-corrected chi connectivity index (χ1v) is 12.1. The number of sulfonamides is 1. The molecule has 1 atom stereocenters. The number of amides is 1. The molecule has 8 heteroatoms. The number of halogens is 1. The molecule has 1 aliphatic rings. The van der Waals surface area contributed by atoms with Crippen molar-refractivity contribution in [3.63, 3.8) is 0 Å². The molecule has 1 fully saturated rings. The van der Waals surface area contributed by atoms with Gasteiger partial charge in [-0.05, 0) is 50.1 Å². The Morgan fingerprint density at radius 3 is 2.60 bits per heavy atom. The lowest BCUT2D eigenvalue weighted by atomic mass is 9.98. The second-order valence-corrected chi connectivity index (χ2v) is 10.5. The Labute approximate surface area is 187 Å². The van der Waals surface area contributed by atoms with Gasteiger partial charge in [0.2, 0.25) is 15.9 Å². The van der Waals surface area contributed by atoms with Gasteiger partial charge in [0.15, 0.2) is 0 Å². The van der Waals surface area contributed by atoms with E-state index in [1.807, 2.05) is 25.1 Å². The zero-order valence-electron chi connectivity index (χ0n) is 17.5. The van der Waals surface area contributed by atoms with E-state index in [0.29, 0.717) is 25.9 Å². The van der Waals surface area contributed by atoms with E-state index in [1.54, 1.807) is 43.3 Å². The van der Waals surface area contributed by atoms with Crippen LogP contribution in [-0.4, -0.2) is 50.8 Å². The van der Waals surface area contributed by atoms with Crippen molar-refractivity contribution in [1.29, 1.82) is 0 Å². The molecule has 0 radical (unpaired) electrons. The van der Waals surface area contributed by atoms with E-state index < -0.39 is 10.0 Å². The van der Waals surface area contributed by atoms with Crippen LogP contribution < -0.4 is 4.74 Å². The van der Waals surface area contributed by atoms with Crippen molar-refractivity contribution in [2.24, 2.45) is 5.92 Å². The maximum atomic E-state index is 13.1. The number of hydrogen-bond acceptors (Lipinski definition) is 4. The summed E-state index contributed by atoms with van der Waals surface area (Å²) in [6.07, 6.45) is 1.34. The lowest BCUT2D eigenvalue weighted by Gasteiger charge is -2.33. The molecule has 162 valence electrons. The molecule has 2 aromatic carbocycles. The van der Waals surface area contributed by atoms with E-state index in [4.69, 9.17) is 4.74 Å². The number of hydrogen-bond donors (Lipinski definition) is 0.